The summed E-state index contributed by atoms with van der Waals surface area (Å²) in [4.78, 5) is 0. The molecular formula is C30H22F2O. The van der Waals surface area contributed by atoms with Crippen LogP contribution >= 0.6 is 0 Å². The highest BCUT2D eigenvalue weighted by atomic mass is 19.1. The van der Waals surface area contributed by atoms with Gasteiger partial charge >= 0.3 is 0 Å². The van der Waals surface area contributed by atoms with Crippen molar-refractivity contribution in [2.24, 2.45) is 0 Å². The first-order chi connectivity index (χ1) is 16.1. The Kier molecular flexibility index (Phi) is 7.03. The predicted octanol–water partition coefficient (Wildman–Crippen LogP) is 7.10. The second-order valence-corrected chi connectivity index (χ2v) is 7.63. The topological polar surface area (TPSA) is 9.23 Å². The zero-order valence-corrected chi connectivity index (χ0v) is 18.3. The number of fused-ring (bicyclic) bond motifs is 1. The number of rotatable bonds is 4. The molecule has 0 aliphatic rings. The molecule has 4 rings (SSSR count). The molecular weight excluding hydrogens is 414 g/mol. The van der Waals surface area contributed by atoms with Gasteiger partial charge in [0.05, 0.1) is 12.2 Å². The van der Waals surface area contributed by atoms with Crippen LogP contribution < -0.4 is 4.74 Å². The molecule has 0 aliphatic carbocycles. The zero-order chi connectivity index (χ0) is 23.0. The van der Waals surface area contributed by atoms with Crippen LogP contribution in [-0.2, 0) is 0 Å². The third-order valence-corrected chi connectivity index (χ3v) is 5.08. The molecule has 0 bridgehead atoms. The second-order valence-electron chi connectivity index (χ2n) is 7.63. The largest absolute Gasteiger partial charge is 0.494 e. The first-order valence-corrected chi connectivity index (χ1v) is 10.9. The van der Waals surface area contributed by atoms with Crippen molar-refractivity contribution in [3.05, 3.63) is 113 Å². The summed E-state index contributed by atoms with van der Waals surface area (Å²) in [5.74, 6) is 12.0. The van der Waals surface area contributed by atoms with Gasteiger partial charge < -0.3 is 4.74 Å². The average molecular weight is 437 g/mol. The maximum Gasteiger partial charge on any atom is 0.140 e. The van der Waals surface area contributed by atoms with Gasteiger partial charge in [-0.2, -0.15) is 0 Å². The summed E-state index contributed by atoms with van der Waals surface area (Å²) in [6.45, 7) is 2.83. The number of halogens is 2. The molecule has 1 nitrogen and oxygen atoms in total. The normalized spacial score (nSPS) is 10.2. The lowest BCUT2D eigenvalue weighted by Crippen LogP contribution is -1.95. The van der Waals surface area contributed by atoms with E-state index in [0.29, 0.717) is 17.7 Å². The Balaban J connectivity index is 1.46. The molecule has 0 aliphatic heterocycles. The van der Waals surface area contributed by atoms with Gasteiger partial charge in [-0.25, -0.2) is 8.78 Å². The molecule has 0 fully saturated rings. The van der Waals surface area contributed by atoms with Crippen molar-refractivity contribution < 1.29 is 13.5 Å². The zero-order valence-electron chi connectivity index (χ0n) is 18.3. The van der Waals surface area contributed by atoms with Gasteiger partial charge in [-0.15, -0.1) is 0 Å². The van der Waals surface area contributed by atoms with E-state index >= 15 is 0 Å². The lowest BCUT2D eigenvalue weighted by Gasteiger charge is -2.04. The highest BCUT2D eigenvalue weighted by Crippen LogP contribution is 2.17. The Morgan fingerprint density at radius 3 is 2.09 bits per heavy atom. The summed E-state index contributed by atoms with van der Waals surface area (Å²) in [5.41, 5.74) is 2.44. The minimum Gasteiger partial charge on any atom is -0.494 e. The van der Waals surface area contributed by atoms with E-state index in [0.717, 1.165) is 40.5 Å². The highest BCUT2D eigenvalue weighted by Gasteiger charge is 2.01. The first kappa shape index (κ1) is 22.1. The van der Waals surface area contributed by atoms with Crippen LogP contribution in [0.1, 0.15) is 42.0 Å². The SMILES string of the molecule is CCCCOc1ccc(C#Cc2ccc(C#Cc3ccc4cc(F)ccc4c3)c(F)c2)cc1. The van der Waals surface area contributed by atoms with E-state index in [1.807, 2.05) is 30.3 Å². The van der Waals surface area contributed by atoms with Crippen LogP contribution in [0, 0.1) is 35.3 Å². The Morgan fingerprint density at radius 1 is 0.667 bits per heavy atom. The lowest BCUT2D eigenvalue weighted by molar-refractivity contribution is 0.309. The highest BCUT2D eigenvalue weighted by molar-refractivity contribution is 5.84. The quantitative estimate of drug-likeness (QED) is 0.245. The van der Waals surface area contributed by atoms with Crippen molar-refractivity contribution in [1.82, 2.24) is 0 Å². The molecule has 0 saturated heterocycles. The van der Waals surface area contributed by atoms with Crippen molar-refractivity contribution in [1.29, 1.82) is 0 Å². The van der Waals surface area contributed by atoms with Crippen LogP contribution in [0.25, 0.3) is 10.8 Å². The van der Waals surface area contributed by atoms with E-state index < -0.39 is 5.82 Å². The summed E-state index contributed by atoms with van der Waals surface area (Å²) in [6.07, 6.45) is 2.12. The van der Waals surface area contributed by atoms with Crippen LogP contribution in [0.3, 0.4) is 0 Å². The van der Waals surface area contributed by atoms with Crippen molar-refractivity contribution in [2.75, 3.05) is 6.61 Å². The summed E-state index contributed by atoms with van der Waals surface area (Å²) < 4.78 is 33.5. The minimum absolute atomic E-state index is 0.278. The van der Waals surface area contributed by atoms with Gasteiger partial charge in [0, 0.05) is 16.7 Å². The van der Waals surface area contributed by atoms with Crippen molar-refractivity contribution in [3.63, 3.8) is 0 Å². The Morgan fingerprint density at radius 2 is 1.30 bits per heavy atom. The van der Waals surface area contributed by atoms with Crippen LogP contribution in [0.5, 0.6) is 5.75 Å². The fourth-order valence-electron chi connectivity index (χ4n) is 3.24. The van der Waals surface area contributed by atoms with E-state index in [4.69, 9.17) is 4.74 Å². The second kappa shape index (κ2) is 10.5. The molecule has 0 spiro atoms. The molecule has 0 saturated carbocycles. The summed E-state index contributed by atoms with van der Waals surface area (Å²) in [6, 6.07) is 22.4. The number of ether oxygens (including phenoxy) is 1. The van der Waals surface area contributed by atoms with E-state index in [1.54, 1.807) is 30.3 Å². The van der Waals surface area contributed by atoms with Gasteiger partial charge in [-0.1, -0.05) is 49.2 Å². The standard InChI is InChI=1S/C30H22F2O/c1-2-3-18-33-29-16-9-22(10-17-29)4-5-24-7-12-25(30(32)20-24)11-6-23-8-13-27-21-28(31)15-14-26(27)19-23/h7-10,12-17,19-21H,2-3,18H2,1H3. The average Bonchev–Trinajstić information content (AvgIpc) is 2.83. The van der Waals surface area contributed by atoms with Crippen molar-refractivity contribution in [2.45, 2.75) is 19.8 Å². The van der Waals surface area contributed by atoms with Crippen molar-refractivity contribution in [3.8, 4) is 29.4 Å². The molecule has 0 amide bonds. The van der Waals surface area contributed by atoms with Gasteiger partial charge in [0.2, 0.25) is 0 Å². The smallest absolute Gasteiger partial charge is 0.140 e. The summed E-state index contributed by atoms with van der Waals surface area (Å²) in [5, 5.41) is 1.68. The first-order valence-electron chi connectivity index (χ1n) is 10.9. The Hall–Kier alpha value is -4.08. The summed E-state index contributed by atoms with van der Waals surface area (Å²) in [7, 11) is 0. The van der Waals surface area contributed by atoms with E-state index in [1.165, 1.54) is 18.2 Å². The molecule has 162 valence electrons. The third kappa shape index (κ3) is 6.00. The molecule has 0 N–H and O–H groups in total. The Bertz CT molecular complexity index is 1400. The number of hydrogen-bond acceptors (Lipinski definition) is 1. The number of unbranched alkanes of at least 4 members (excludes halogenated alkanes) is 1. The maximum atomic E-state index is 14.5. The summed E-state index contributed by atoms with van der Waals surface area (Å²) >= 11 is 0. The fourth-order valence-corrected chi connectivity index (χ4v) is 3.24. The fraction of sp³-hybridized carbons (Fsp3) is 0.133. The molecule has 4 aromatic rings. The maximum absolute atomic E-state index is 14.5. The van der Waals surface area contributed by atoms with Crippen LogP contribution in [0.2, 0.25) is 0 Å². The van der Waals surface area contributed by atoms with Gasteiger partial charge in [0.1, 0.15) is 17.4 Å². The molecule has 0 atom stereocenters. The van der Waals surface area contributed by atoms with Gasteiger partial charge in [0.25, 0.3) is 0 Å². The minimum atomic E-state index is -0.420. The Labute approximate surface area is 193 Å². The monoisotopic (exact) mass is 436 g/mol. The van der Waals surface area contributed by atoms with Gasteiger partial charge in [0.15, 0.2) is 0 Å². The molecule has 0 unspecified atom stereocenters. The van der Waals surface area contributed by atoms with E-state index in [-0.39, 0.29) is 5.82 Å². The van der Waals surface area contributed by atoms with E-state index in [9.17, 15) is 8.78 Å². The number of hydrogen-bond donors (Lipinski definition) is 0. The molecule has 33 heavy (non-hydrogen) atoms. The predicted molar refractivity (Wildman–Crippen MR) is 129 cm³/mol. The van der Waals surface area contributed by atoms with Crippen molar-refractivity contribution >= 4 is 10.8 Å². The number of benzene rings is 4. The van der Waals surface area contributed by atoms with Crippen LogP contribution in [0.4, 0.5) is 8.78 Å². The molecule has 0 radical (unpaired) electrons. The van der Waals surface area contributed by atoms with E-state index in [2.05, 4.69) is 30.6 Å². The molecule has 0 aromatic heterocycles. The lowest BCUT2D eigenvalue weighted by atomic mass is 10.1. The van der Waals surface area contributed by atoms with Crippen LogP contribution in [-0.4, -0.2) is 6.61 Å². The third-order valence-electron chi connectivity index (χ3n) is 5.08. The van der Waals surface area contributed by atoms with Gasteiger partial charge in [-0.05, 0) is 83.9 Å². The van der Waals surface area contributed by atoms with Crippen LogP contribution in [0.15, 0.2) is 78.9 Å². The molecule has 3 heteroatoms. The molecule has 0 heterocycles. The molecule has 4 aromatic carbocycles. The van der Waals surface area contributed by atoms with Gasteiger partial charge in [-0.3, -0.25) is 0 Å².